The summed E-state index contributed by atoms with van der Waals surface area (Å²) in [6.45, 7) is 5.90. The lowest BCUT2D eigenvalue weighted by Gasteiger charge is -2.26. The minimum absolute atomic E-state index is 0.0507. The van der Waals surface area contributed by atoms with Crippen molar-refractivity contribution in [3.63, 3.8) is 0 Å². The molecule has 0 radical (unpaired) electrons. The Morgan fingerprint density at radius 2 is 1.94 bits per heavy atom. The third kappa shape index (κ3) is 5.33. The fraction of sp³-hybridized carbons (Fsp3) is 0.520. The number of piperidine rings is 1. The molecule has 8 heteroatoms. The molecule has 2 aromatic heterocycles. The predicted molar refractivity (Wildman–Crippen MR) is 125 cm³/mol. The molecule has 3 heterocycles. The average molecular weight is 456 g/mol. The van der Waals surface area contributed by atoms with Crippen LogP contribution >= 0.6 is 0 Å². The third-order valence-electron chi connectivity index (χ3n) is 6.00. The third-order valence-corrected chi connectivity index (χ3v) is 6.00. The van der Waals surface area contributed by atoms with Gasteiger partial charge < -0.3 is 18.6 Å². The van der Waals surface area contributed by atoms with Crippen LogP contribution in [-0.4, -0.2) is 60.4 Å². The summed E-state index contributed by atoms with van der Waals surface area (Å²) in [7, 11) is 3.43. The second-order valence-corrected chi connectivity index (χ2v) is 8.43. The number of methoxy groups -OCH3 is 1. The van der Waals surface area contributed by atoms with Crippen molar-refractivity contribution < 1.29 is 23.4 Å². The number of ketones is 1. The van der Waals surface area contributed by atoms with Gasteiger partial charge in [0.15, 0.2) is 11.3 Å². The summed E-state index contributed by atoms with van der Waals surface area (Å²) >= 11 is 0. The van der Waals surface area contributed by atoms with Crippen LogP contribution in [0.15, 0.2) is 29.1 Å². The van der Waals surface area contributed by atoms with E-state index in [4.69, 9.17) is 18.6 Å². The second-order valence-electron chi connectivity index (χ2n) is 8.43. The number of fused-ring (bicyclic) bond motifs is 1. The number of nitrogens with zero attached hydrogens (tertiary/aromatic N) is 3. The number of carbonyl (C=O) groups excluding carboxylic acids is 1. The molecule has 1 aliphatic heterocycles. The molecule has 3 aromatic rings. The zero-order chi connectivity index (χ0) is 23.2. The van der Waals surface area contributed by atoms with E-state index in [2.05, 4.69) is 10.00 Å². The number of rotatable bonds is 11. The summed E-state index contributed by atoms with van der Waals surface area (Å²) in [6, 6.07) is 1.84. The maximum Gasteiger partial charge on any atom is 0.205 e. The van der Waals surface area contributed by atoms with Gasteiger partial charge in [0.05, 0.1) is 31.6 Å². The van der Waals surface area contributed by atoms with Gasteiger partial charge in [0.2, 0.25) is 5.75 Å². The average Bonchev–Trinajstić information content (AvgIpc) is 3.45. The van der Waals surface area contributed by atoms with Crippen molar-refractivity contribution in [3.8, 4) is 17.2 Å². The molecule has 1 saturated heterocycles. The van der Waals surface area contributed by atoms with Gasteiger partial charge in [-0.2, -0.15) is 5.10 Å². The Kier molecular flexibility index (Phi) is 7.54. The van der Waals surface area contributed by atoms with Crippen molar-refractivity contribution in [3.05, 3.63) is 35.9 Å². The van der Waals surface area contributed by atoms with Gasteiger partial charge in [0, 0.05) is 38.2 Å². The predicted octanol–water partition coefficient (Wildman–Crippen LogP) is 3.79. The molecule has 0 bridgehead atoms. The molecule has 0 atom stereocenters. The molecule has 1 aromatic carbocycles. The van der Waals surface area contributed by atoms with Gasteiger partial charge in [-0.3, -0.25) is 14.4 Å². The van der Waals surface area contributed by atoms with Crippen LogP contribution in [0.3, 0.4) is 0 Å². The van der Waals surface area contributed by atoms with Gasteiger partial charge in [-0.15, -0.1) is 0 Å². The van der Waals surface area contributed by atoms with E-state index in [0.29, 0.717) is 48.0 Å². The number of aryl methyl sites for hydroxylation is 1. The van der Waals surface area contributed by atoms with Crippen molar-refractivity contribution in [1.82, 2.24) is 14.7 Å². The fourth-order valence-electron chi connectivity index (χ4n) is 4.49. The van der Waals surface area contributed by atoms with Crippen LogP contribution < -0.4 is 14.2 Å². The lowest BCUT2D eigenvalue weighted by Crippen LogP contribution is -2.33. The highest BCUT2D eigenvalue weighted by Crippen LogP contribution is 2.47. The van der Waals surface area contributed by atoms with Gasteiger partial charge in [-0.05, 0) is 44.5 Å². The normalized spacial score (nSPS) is 14.5. The first-order chi connectivity index (χ1) is 16.1. The number of hydrogen-bond acceptors (Lipinski definition) is 7. The summed E-state index contributed by atoms with van der Waals surface area (Å²) in [6.07, 6.45) is 9.39. The van der Waals surface area contributed by atoms with E-state index < -0.39 is 0 Å². The first kappa shape index (κ1) is 23.2. The molecule has 1 aliphatic rings. The largest absolute Gasteiger partial charge is 0.493 e. The van der Waals surface area contributed by atoms with Crippen molar-refractivity contribution in [2.24, 2.45) is 7.05 Å². The maximum absolute atomic E-state index is 13.1. The van der Waals surface area contributed by atoms with Crippen molar-refractivity contribution >= 4 is 16.8 Å². The van der Waals surface area contributed by atoms with Gasteiger partial charge in [0.1, 0.15) is 18.1 Å². The Labute approximate surface area is 194 Å². The number of likely N-dealkylation sites (tertiary alicyclic amines) is 1. The molecule has 178 valence electrons. The summed E-state index contributed by atoms with van der Waals surface area (Å²) in [4.78, 5) is 15.5. The van der Waals surface area contributed by atoms with Crippen LogP contribution in [0.25, 0.3) is 11.0 Å². The molecule has 0 saturated carbocycles. The number of Topliss-reactive ketones (excluding diaryl/α,β-unsaturated/α-hetero) is 1. The fourth-order valence-corrected chi connectivity index (χ4v) is 4.49. The van der Waals surface area contributed by atoms with E-state index in [0.717, 1.165) is 30.6 Å². The number of furan rings is 1. The molecule has 0 amide bonds. The van der Waals surface area contributed by atoms with Crippen molar-refractivity contribution in [2.75, 3.05) is 40.0 Å². The number of carbonyl (C=O) groups is 1. The SMILES string of the molecule is CCOc1c(CC(=O)Cc2cnn(C)c2)c(OCCN2CCCCC2)c(OC)c2occc12. The van der Waals surface area contributed by atoms with Crippen LogP contribution in [0.5, 0.6) is 17.2 Å². The summed E-state index contributed by atoms with van der Waals surface area (Å²) in [5.74, 6) is 1.70. The molecule has 4 rings (SSSR count). The van der Waals surface area contributed by atoms with Gasteiger partial charge in [0.25, 0.3) is 0 Å². The summed E-state index contributed by atoms with van der Waals surface area (Å²) in [5.41, 5.74) is 2.15. The van der Waals surface area contributed by atoms with Gasteiger partial charge in [-0.1, -0.05) is 6.42 Å². The number of ether oxygens (including phenoxy) is 3. The van der Waals surface area contributed by atoms with E-state index in [1.807, 2.05) is 26.2 Å². The Hall–Kier alpha value is -3.00. The smallest absolute Gasteiger partial charge is 0.205 e. The Morgan fingerprint density at radius 3 is 2.64 bits per heavy atom. The molecule has 0 unspecified atom stereocenters. The quantitative estimate of drug-likeness (QED) is 0.435. The van der Waals surface area contributed by atoms with E-state index in [-0.39, 0.29) is 12.2 Å². The first-order valence-corrected chi connectivity index (χ1v) is 11.7. The Balaban J connectivity index is 1.65. The van der Waals surface area contributed by atoms with Crippen molar-refractivity contribution in [1.29, 1.82) is 0 Å². The summed E-state index contributed by atoms with van der Waals surface area (Å²) in [5, 5.41) is 4.94. The van der Waals surface area contributed by atoms with Gasteiger partial charge >= 0.3 is 0 Å². The summed E-state index contributed by atoms with van der Waals surface area (Å²) < 4.78 is 25.5. The maximum atomic E-state index is 13.1. The number of benzene rings is 1. The van der Waals surface area contributed by atoms with Crippen LogP contribution in [0.2, 0.25) is 0 Å². The zero-order valence-corrected chi connectivity index (χ0v) is 19.8. The van der Waals surface area contributed by atoms with Crippen LogP contribution in [0.4, 0.5) is 0 Å². The molecular weight excluding hydrogens is 422 g/mol. The van der Waals surface area contributed by atoms with E-state index in [1.54, 1.807) is 24.3 Å². The van der Waals surface area contributed by atoms with E-state index in [9.17, 15) is 4.79 Å². The first-order valence-electron chi connectivity index (χ1n) is 11.7. The number of hydrogen-bond donors (Lipinski definition) is 0. The van der Waals surface area contributed by atoms with Crippen LogP contribution in [0.1, 0.15) is 37.3 Å². The van der Waals surface area contributed by atoms with E-state index in [1.165, 1.54) is 19.3 Å². The van der Waals surface area contributed by atoms with Gasteiger partial charge in [-0.25, -0.2) is 0 Å². The second kappa shape index (κ2) is 10.7. The number of aromatic nitrogens is 2. The highest BCUT2D eigenvalue weighted by atomic mass is 16.5. The molecular formula is C25H33N3O5. The molecule has 33 heavy (non-hydrogen) atoms. The highest BCUT2D eigenvalue weighted by molar-refractivity contribution is 5.96. The Morgan fingerprint density at radius 1 is 1.12 bits per heavy atom. The molecule has 0 spiro atoms. The molecule has 0 N–H and O–H groups in total. The lowest BCUT2D eigenvalue weighted by molar-refractivity contribution is -0.117. The van der Waals surface area contributed by atoms with Crippen molar-refractivity contribution in [2.45, 2.75) is 39.0 Å². The zero-order valence-electron chi connectivity index (χ0n) is 19.8. The standard InChI is InChI=1S/C25H33N3O5/c1-4-31-22-20-8-12-32-23(20)25(30-3)24(33-13-11-28-9-6-5-7-10-28)21(22)15-19(29)14-18-16-26-27(2)17-18/h8,12,16-17H,4-7,9-11,13-15H2,1-3H3. The minimum Gasteiger partial charge on any atom is -0.493 e. The Bertz CT molecular complexity index is 1080. The highest BCUT2D eigenvalue weighted by Gasteiger charge is 2.27. The monoisotopic (exact) mass is 455 g/mol. The van der Waals surface area contributed by atoms with E-state index >= 15 is 0 Å². The molecule has 0 aliphatic carbocycles. The lowest BCUT2D eigenvalue weighted by atomic mass is 10.00. The van der Waals surface area contributed by atoms with Crippen LogP contribution in [-0.2, 0) is 24.7 Å². The topological polar surface area (TPSA) is 79.0 Å². The molecule has 8 nitrogen and oxygen atoms in total. The minimum atomic E-state index is 0.0507. The molecule has 1 fully saturated rings. The van der Waals surface area contributed by atoms with Crippen LogP contribution in [0, 0.1) is 0 Å².